The predicted molar refractivity (Wildman–Crippen MR) is 134 cm³/mol. The van der Waals surface area contributed by atoms with E-state index < -0.39 is 11.9 Å². The van der Waals surface area contributed by atoms with Gasteiger partial charge in [0.25, 0.3) is 5.89 Å². The van der Waals surface area contributed by atoms with Gasteiger partial charge in [0.1, 0.15) is 17.7 Å². The number of methoxy groups -OCH3 is 2. The van der Waals surface area contributed by atoms with Crippen molar-refractivity contribution < 1.29 is 23.8 Å². The predicted octanol–water partition coefficient (Wildman–Crippen LogP) is 4.32. The van der Waals surface area contributed by atoms with Crippen LogP contribution < -0.4 is 20.1 Å². The number of ether oxygens (including phenoxy) is 2. The number of aliphatic hydroxyl groups excluding tert-OH is 1. The molecule has 0 bridgehead atoms. The van der Waals surface area contributed by atoms with Crippen LogP contribution >= 0.6 is 11.6 Å². The molecule has 4 rings (SSSR count). The molecule has 0 aliphatic heterocycles. The number of nitrogens with one attached hydrogen (secondary N) is 2. The zero-order valence-corrected chi connectivity index (χ0v) is 20.5. The Morgan fingerprint density at radius 3 is 2.67 bits per heavy atom. The molecule has 0 spiro atoms. The maximum Gasteiger partial charge on any atom is 0.307 e. The minimum atomic E-state index is -0.676. The smallest absolute Gasteiger partial charge is 0.307 e. The Morgan fingerprint density at radius 1 is 1.14 bits per heavy atom. The first-order valence-electron chi connectivity index (χ1n) is 10.9. The van der Waals surface area contributed by atoms with E-state index in [1.54, 1.807) is 62.9 Å². The van der Waals surface area contributed by atoms with Gasteiger partial charge < -0.3 is 29.6 Å². The van der Waals surface area contributed by atoms with Gasteiger partial charge in [0, 0.05) is 23.0 Å². The van der Waals surface area contributed by atoms with Gasteiger partial charge in [-0.2, -0.15) is 0 Å². The van der Waals surface area contributed by atoms with Gasteiger partial charge >= 0.3 is 5.91 Å². The standard InChI is InChI=1S/C25H24ClN5O5/c1-14-11-27-25(28-17-7-8-20(34-2)21(10-17)35-3)31-22(14)19-13-36-24(30-19)23(33)29-18(12-32)15-5-4-6-16(26)9-15/h4-11,13,18,32H,12H2,1-3H3,(H,29,33)(H,27,28,31)/t18-/m1/s1. The lowest BCUT2D eigenvalue weighted by Crippen LogP contribution is -2.31. The molecule has 36 heavy (non-hydrogen) atoms. The number of nitrogens with zero attached hydrogens (tertiary/aromatic N) is 3. The number of anilines is 2. The second kappa shape index (κ2) is 11.1. The summed E-state index contributed by atoms with van der Waals surface area (Å²) in [6, 6.07) is 11.5. The van der Waals surface area contributed by atoms with Crippen LogP contribution in [0.2, 0.25) is 5.02 Å². The highest BCUT2D eigenvalue weighted by Gasteiger charge is 2.21. The normalized spacial score (nSPS) is 11.6. The number of aliphatic hydroxyl groups is 1. The number of hydrogen-bond acceptors (Lipinski definition) is 9. The monoisotopic (exact) mass is 509 g/mol. The van der Waals surface area contributed by atoms with Crippen LogP contribution in [0.4, 0.5) is 11.6 Å². The van der Waals surface area contributed by atoms with Crippen LogP contribution in [-0.2, 0) is 0 Å². The van der Waals surface area contributed by atoms with Crippen LogP contribution in [-0.4, -0.2) is 46.8 Å². The second-order valence-corrected chi connectivity index (χ2v) is 8.16. The summed E-state index contributed by atoms with van der Waals surface area (Å²) in [6.07, 6.45) is 2.98. The largest absolute Gasteiger partial charge is 0.493 e. The summed E-state index contributed by atoms with van der Waals surface area (Å²) < 4.78 is 16.0. The molecule has 0 aliphatic rings. The number of carbonyl (C=O) groups is 1. The van der Waals surface area contributed by atoms with E-state index in [0.29, 0.717) is 45.1 Å². The number of rotatable bonds is 9. The summed E-state index contributed by atoms with van der Waals surface area (Å²) >= 11 is 6.02. The molecule has 3 N–H and O–H groups in total. The van der Waals surface area contributed by atoms with Crippen LogP contribution in [0.1, 0.15) is 27.9 Å². The van der Waals surface area contributed by atoms with E-state index >= 15 is 0 Å². The SMILES string of the molecule is COc1ccc(Nc2ncc(C)c(-c3coc(C(=O)N[C@H](CO)c4cccc(Cl)c4)n3)n2)cc1OC. The Balaban J connectivity index is 1.53. The summed E-state index contributed by atoms with van der Waals surface area (Å²) in [7, 11) is 3.12. The van der Waals surface area contributed by atoms with Gasteiger partial charge in [0.15, 0.2) is 11.5 Å². The first kappa shape index (κ1) is 25.0. The van der Waals surface area contributed by atoms with Crippen LogP contribution in [0.25, 0.3) is 11.4 Å². The van der Waals surface area contributed by atoms with Gasteiger partial charge in [-0.25, -0.2) is 15.0 Å². The Bertz CT molecular complexity index is 1380. The first-order chi connectivity index (χ1) is 17.4. The molecule has 2 heterocycles. The number of benzene rings is 2. The van der Waals surface area contributed by atoms with Gasteiger partial charge in [-0.05, 0) is 42.3 Å². The molecule has 2 aromatic carbocycles. The Labute approximate surface area is 212 Å². The lowest BCUT2D eigenvalue weighted by Gasteiger charge is -2.15. The molecule has 186 valence electrons. The van der Waals surface area contributed by atoms with E-state index in [1.807, 2.05) is 6.92 Å². The molecule has 0 saturated heterocycles. The molecule has 1 amide bonds. The van der Waals surface area contributed by atoms with E-state index in [1.165, 1.54) is 6.26 Å². The quantitative estimate of drug-likeness (QED) is 0.302. The van der Waals surface area contributed by atoms with Crippen molar-refractivity contribution in [2.75, 3.05) is 26.1 Å². The van der Waals surface area contributed by atoms with E-state index in [2.05, 4.69) is 25.6 Å². The van der Waals surface area contributed by atoms with Crippen molar-refractivity contribution in [3.05, 3.63) is 77.0 Å². The fourth-order valence-corrected chi connectivity index (χ4v) is 3.67. The maximum absolute atomic E-state index is 12.7. The maximum atomic E-state index is 12.7. The molecule has 10 nitrogen and oxygen atoms in total. The first-order valence-corrected chi connectivity index (χ1v) is 11.3. The van der Waals surface area contributed by atoms with Crippen LogP contribution in [0, 0.1) is 6.92 Å². The van der Waals surface area contributed by atoms with Gasteiger partial charge in [-0.1, -0.05) is 23.7 Å². The van der Waals surface area contributed by atoms with Gasteiger partial charge in [0.2, 0.25) is 5.95 Å². The minimum Gasteiger partial charge on any atom is -0.493 e. The average molecular weight is 510 g/mol. The van der Waals surface area contributed by atoms with E-state index in [9.17, 15) is 9.90 Å². The highest BCUT2D eigenvalue weighted by Crippen LogP contribution is 2.31. The molecule has 4 aromatic rings. The third-order valence-corrected chi connectivity index (χ3v) is 5.53. The van der Waals surface area contributed by atoms with Crippen molar-refractivity contribution >= 4 is 29.1 Å². The number of carbonyl (C=O) groups excluding carboxylic acids is 1. The Hall–Kier alpha value is -4.15. The summed E-state index contributed by atoms with van der Waals surface area (Å²) in [5.41, 5.74) is 2.93. The lowest BCUT2D eigenvalue weighted by atomic mass is 10.1. The molecule has 0 unspecified atom stereocenters. The molecular weight excluding hydrogens is 486 g/mol. The van der Waals surface area contributed by atoms with Crippen LogP contribution in [0.5, 0.6) is 11.5 Å². The highest BCUT2D eigenvalue weighted by molar-refractivity contribution is 6.30. The number of halogens is 1. The molecule has 1 atom stereocenters. The fraction of sp³-hybridized carbons (Fsp3) is 0.200. The van der Waals surface area contributed by atoms with Crippen molar-refractivity contribution in [3.8, 4) is 22.9 Å². The Morgan fingerprint density at radius 2 is 1.94 bits per heavy atom. The van der Waals surface area contributed by atoms with E-state index in [-0.39, 0.29) is 12.5 Å². The van der Waals surface area contributed by atoms with Crippen LogP contribution in [0.15, 0.2) is 59.3 Å². The number of hydrogen-bond donors (Lipinski definition) is 3. The highest BCUT2D eigenvalue weighted by atomic mass is 35.5. The van der Waals surface area contributed by atoms with E-state index in [0.717, 1.165) is 5.56 Å². The molecule has 0 radical (unpaired) electrons. The lowest BCUT2D eigenvalue weighted by molar-refractivity contribution is 0.0881. The minimum absolute atomic E-state index is 0.169. The third kappa shape index (κ3) is 5.56. The Kier molecular flexibility index (Phi) is 7.67. The zero-order chi connectivity index (χ0) is 25.7. The average Bonchev–Trinajstić information content (AvgIpc) is 3.38. The molecular formula is C25H24ClN5O5. The van der Waals surface area contributed by atoms with Crippen molar-refractivity contribution in [2.45, 2.75) is 13.0 Å². The third-order valence-electron chi connectivity index (χ3n) is 5.29. The number of amides is 1. The molecule has 0 fully saturated rings. The van der Waals surface area contributed by atoms with Crippen molar-refractivity contribution in [3.63, 3.8) is 0 Å². The number of oxazole rings is 1. The topological polar surface area (TPSA) is 132 Å². The summed E-state index contributed by atoms with van der Waals surface area (Å²) in [5, 5.41) is 16.1. The summed E-state index contributed by atoms with van der Waals surface area (Å²) in [5.74, 6) is 0.716. The zero-order valence-electron chi connectivity index (χ0n) is 19.8. The molecule has 2 aromatic heterocycles. The molecule has 0 saturated carbocycles. The van der Waals surface area contributed by atoms with Crippen molar-refractivity contribution in [1.82, 2.24) is 20.3 Å². The molecule has 0 aliphatic carbocycles. The van der Waals surface area contributed by atoms with Crippen LogP contribution in [0.3, 0.4) is 0 Å². The molecule has 11 heteroatoms. The van der Waals surface area contributed by atoms with E-state index in [4.69, 9.17) is 25.5 Å². The van der Waals surface area contributed by atoms with Crippen molar-refractivity contribution in [1.29, 1.82) is 0 Å². The van der Waals surface area contributed by atoms with Gasteiger partial charge in [0.05, 0.1) is 26.9 Å². The van der Waals surface area contributed by atoms with Gasteiger partial charge in [-0.15, -0.1) is 0 Å². The summed E-state index contributed by atoms with van der Waals surface area (Å²) in [6.45, 7) is 1.50. The number of aromatic nitrogens is 3. The summed E-state index contributed by atoms with van der Waals surface area (Å²) in [4.78, 5) is 25.9. The second-order valence-electron chi connectivity index (χ2n) is 7.72. The number of aryl methyl sites for hydroxylation is 1. The fourth-order valence-electron chi connectivity index (χ4n) is 3.47. The van der Waals surface area contributed by atoms with Crippen molar-refractivity contribution in [2.24, 2.45) is 0 Å². The van der Waals surface area contributed by atoms with Gasteiger partial charge in [-0.3, -0.25) is 4.79 Å².